The van der Waals surface area contributed by atoms with Crippen LogP contribution in [0.4, 0.5) is 10.1 Å². The van der Waals surface area contributed by atoms with Crippen molar-refractivity contribution in [2.45, 2.75) is 13.5 Å². The molecule has 4 nitrogen and oxygen atoms in total. The number of halogens is 1. The summed E-state index contributed by atoms with van der Waals surface area (Å²) < 4.78 is 13.6. The quantitative estimate of drug-likeness (QED) is 0.656. The van der Waals surface area contributed by atoms with Crippen molar-refractivity contribution in [1.29, 1.82) is 0 Å². The van der Waals surface area contributed by atoms with Gasteiger partial charge in [0, 0.05) is 5.69 Å². The number of nitrogens with one attached hydrogen (secondary N) is 1. The molecule has 0 saturated heterocycles. The van der Waals surface area contributed by atoms with Crippen LogP contribution in [-0.2, 0) is 16.1 Å². The zero-order valence-corrected chi connectivity index (χ0v) is 15.9. The van der Waals surface area contributed by atoms with E-state index >= 15 is 0 Å². The Bertz CT molecular complexity index is 1110. The Morgan fingerprint density at radius 3 is 2.28 bits per heavy atom. The molecule has 0 saturated carbocycles. The Morgan fingerprint density at radius 1 is 0.862 bits per heavy atom. The van der Waals surface area contributed by atoms with E-state index in [-0.39, 0.29) is 23.7 Å². The first kappa shape index (κ1) is 18.6. The van der Waals surface area contributed by atoms with E-state index in [1.54, 1.807) is 24.3 Å². The first-order chi connectivity index (χ1) is 14.0. The van der Waals surface area contributed by atoms with Gasteiger partial charge in [-0.3, -0.25) is 14.5 Å². The van der Waals surface area contributed by atoms with Crippen LogP contribution >= 0.6 is 0 Å². The second-order valence-corrected chi connectivity index (χ2v) is 6.93. The molecule has 0 aliphatic carbocycles. The molecule has 5 heteroatoms. The maximum absolute atomic E-state index is 13.6. The SMILES string of the molecule is Cc1ccc(CN2C(=O)C(Nc3cccc(F)c3)=C(c3ccccc3)C2=O)cc1. The highest BCUT2D eigenvalue weighted by molar-refractivity contribution is 6.36. The molecule has 0 fully saturated rings. The highest BCUT2D eigenvalue weighted by Crippen LogP contribution is 2.31. The van der Waals surface area contributed by atoms with Crippen molar-refractivity contribution in [2.75, 3.05) is 5.32 Å². The molecule has 0 atom stereocenters. The van der Waals surface area contributed by atoms with Gasteiger partial charge in [-0.1, -0.05) is 66.2 Å². The number of aryl methyl sites for hydroxylation is 1. The minimum Gasteiger partial charge on any atom is -0.350 e. The number of hydrogen-bond donors (Lipinski definition) is 1. The normalized spacial score (nSPS) is 13.9. The van der Waals surface area contributed by atoms with Crippen molar-refractivity contribution >= 4 is 23.1 Å². The van der Waals surface area contributed by atoms with Crippen LogP contribution in [0, 0.1) is 12.7 Å². The third-order valence-corrected chi connectivity index (χ3v) is 4.79. The number of amides is 2. The number of anilines is 1. The van der Waals surface area contributed by atoms with Crippen LogP contribution in [0.15, 0.2) is 84.6 Å². The smallest absolute Gasteiger partial charge is 0.278 e. The average Bonchev–Trinajstić information content (AvgIpc) is 2.94. The zero-order valence-electron chi connectivity index (χ0n) is 15.9. The number of imide groups is 1. The second kappa shape index (κ2) is 7.72. The number of rotatable bonds is 5. The fraction of sp³-hybridized carbons (Fsp3) is 0.0833. The predicted octanol–water partition coefficient (Wildman–Crippen LogP) is 4.53. The van der Waals surface area contributed by atoms with Crippen LogP contribution in [-0.4, -0.2) is 16.7 Å². The monoisotopic (exact) mass is 386 g/mol. The Hall–Kier alpha value is -3.73. The second-order valence-electron chi connectivity index (χ2n) is 6.93. The van der Waals surface area contributed by atoms with Crippen molar-refractivity contribution in [1.82, 2.24) is 4.90 Å². The summed E-state index contributed by atoms with van der Waals surface area (Å²) in [7, 11) is 0. The molecular weight excluding hydrogens is 367 g/mol. The molecule has 29 heavy (non-hydrogen) atoms. The third kappa shape index (κ3) is 3.80. The van der Waals surface area contributed by atoms with Gasteiger partial charge in [0.1, 0.15) is 11.5 Å². The lowest BCUT2D eigenvalue weighted by Gasteiger charge is -2.15. The molecule has 0 unspecified atom stereocenters. The summed E-state index contributed by atoms with van der Waals surface area (Å²) in [5, 5.41) is 2.96. The molecule has 0 aromatic heterocycles. The first-order valence-electron chi connectivity index (χ1n) is 9.27. The van der Waals surface area contributed by atoms with Gasteiger partial charge in [0.05, 0.1) is 12.1 Å². The van der Waals surface area contributed by atoms with Gasteiger partial charge in [-0.25, -0.2) is 4.39 Å². The summed E-state index contributed by atoms with van der Waals surface area (Å²) in [5.74, 6) is -1.23. The molecule has 0 spiro atoms. The lowest BCUT2D eigenvalue weighted by Crippen LogP contribution is -2.32. The fourth-order valence-electron chi connectivity index (χ4n) is 3.29. The van der Waals surface area contributed by atoms with E-state index in [9.17, 15) is 14.0 Å². The van der Waals surface area contributed by atoms with Gasteiger partial charge in [-0.2, -0.15) is 0 Å². The highest BCUT2D eigenvalue weighted by Gasteiger charge is 2.39. The van der Waals surface area contributed by atoms with E-state index in [2.05, 4.69) is 5.32 Å². The van der Waals surface area contributed by atoms with Gasteiger partial charge in [0.2, 0.25) is 0 Å². The molecule has 1 aliphatic rings. The number of hydrogen-bond acceptors (Lipinski definition) is 3. The summed E-state index contributed by atoms with van der Waals surface area (Å²) in [5.41, 5.74) is 3.44. The Balaban J connectivity index is 1.72. The average molecular weight is 386 g/mol. The number of nitrogens with zero attached hydrogens (tertiary/aromatic N) is 1. The van der Waals surface area contributed by atoms with Gasteiger partial charge in [0.15, 0.2) is 0 Å². The van der Waals surface area contributed by atoms with Gasteiger partial charge in [0.25, 0.3) is 11.8 Å². The van der Waals surface area contributed by atoms with Crippen LogP contribution < -0.4 is 5.32 Å². The molecule has 0 bridgehead atoms. The van der Waals surface area contributed by atoms with E-state index < -0.39 is 11.7 Å². The summed E-state index contributed by atoms with van der Waals surface area (Å²) in [4.78, 5) is 27.6. The zero-order chi connectivity index (χ0) is 20.4. The Kier molecular flexibility index (Phi) is 4.96. The minimum absolute atomic E-state index is 0.152. The number of benzene rings is 3. The van der Waals surface area contributed by atoms with Gasteiger partial charge < -0.3 is 5.32 Å². The Labute approximate surface area is 168 Å². The van der Waals surface area contributed by atoms with Crippen LogP contribution in [0.3, 0.4) is 0 Å². The maximum Gasteiger partial charge on any atom is 0.278 e. The van der Waals surface area contributed by atoms with E-state index in [4.69, 9.17) is 0 Å². The molecular formula is C24H19FN2O2. The van der Waals surface area contributed by atoms with E-state index in [0.29, 0.717) is 11.3 Å². The fourth-order valence-corrected chi connectivity index (χ4v) is 3.29. The third-order valence-electron chi connectivity index (χ3n) is 4.79. The number of carbonyl (C=O) groups is 2. The minimum atomic E-state index is -0.432. The number of carbonyl (C=O) groups excluding carboxylic acids is 2. The van der Waals surface area contributed by atoms with Gasteiger partial charge >= 0.3 is 0 Å². The summed E-state index contributed by atoms with van der Waals surface area (Å²) >= 11 is 0. The van der Waals surface area contributed by atoms with Crippen molar-refractivity contribution < 1.29 is 14.0 Å². The van der Waals surface area contributed by atoms with Crippen LogP contribution in [0.1, 0.15) is 16.7 Å². The van der Waals surface area contributed by atoms with Crippen LogP contribution in [0.2, 0.25) is 0 Å². The molecule has 4 rings (SSSR count). The molecule has 3 aromatic rings. The lowest BCUT2D eigenvalue weighted by molar-refractivity contribution is -0.137. The topological polar surface area (TPSA) is 49.4 Å². The molecule has 0 radical (unpaired) electrons. The maximum atomic E-state index is 13.6. The van der Waals surface area contributed by atoms with Crippen LogP contribution in [0.25, 0.3) is 5.57 Å². The molecule has 3 aromatic carbocycles. The van der Waals surface area contributed by atoms with Gasteiger partial charge in [-0.15, -0.1) is 0 Å². The Morgan fingerprint density at radius 2 is 1.59 bits per heavy atom. The molecule has 1 heterocycles. The van der Waals surface area contributed by atoms with Gasteiger partial charge in [-0.05, 0) is 36.2 Å². The molecule has 1 N–H and O–H groups in total. The summed E-state index contributed by atoms with van der Waals surface area (Å²) in [6.45, 7) is 2.15. The van der Waals surface area contributed by atoms with Crippen molar-refractivity contribution in [3.63, 3.8) is 0 Å². The molecule has 144 valence electrons. The summed E-state index contributed by atoms with van der Waals surface area (Å²) in [6, 6.07) is 22.5. The summed E-state index contributed by atoms with van der Waals surface area (Å²) in [6.07, 6.45) is 0. The first-order valence-corrected chi connectivity index (χ1v) is 9.27. The van der Waals surface area contributed by atoms with Crippen molar-refractivity contribution in [3.05, 3.63) is 107 Å². The van der Waals surface area contributed by atoms with Crippen molar-refractivity contribution in [3.8, 4) is 0 Å². The van der Waals surface area contributed by atoms with E-state index in [1.165, 1.54) is 17.0 Å². The standard InChI is InChI=1S/C24H19FN2O2/c1-16-10-12-17(13-11-16)15-27-23(28)21(18-6-3-2-4-7-18)22(24(27)29)26-20-9-5-8-19(25)14-20/h2-14,26H,15H2,1H3. The van der Waals surface area contributed by atoms with E-state index in [0.717, 1.165) is 11.1 Å². The molecule has 2 amide bonds. The lowest BCUT2D eigenvalue weighted by atomic mass is 10.0. The van der Waals surface area contributed by atoms with E-state index in [1.807, 2.05) is 49.4 Å². The molecule has 1 aliphatic heterocycles. The van der Waals surface area contributed by atoms with Crippen molar-refractivity contribution in [2.24, 2.45) is 0 Å². The highest BCUT2D eigenvalue weighted by atomic mass is 19.1. The largest absolute Gasteiger partial charge is 0.350 e. The predicted molar refractivity (Wildman–Crippen MR) is 110 cm³/mol. The van der Waals surface area contributed by atoms with Crippen LogP contribution in [0.5, 0.6) is 0 Å².